The first kappa shape index (κ1) is 15.3. The van der Waals surface area contributed by atoms with Crippen LogP contribution in [0, 0.1) is 0 Å². The van der Waals surface area contributed by atoms with Gasteiger partial charge in [-0.25, -0.2) is 0 Å². The van der Waals surface area contributed by atoms with Crippen molar-refractivity contribution in [1.82, 2.24) is 0 Å². The number of rotatable bonds is 7. The Bertz CT molecular complexity index is 435. The number of primary amides is 1. The van der Waals surface area contributed by atoms with Gasteiger partial charge in [0, 0.05) is 25.3 Å². The third-order valence-electron chi connectivity index (χ3n) is 3.28. The average molecular weight is 265 g/mol. The number of amides is 1. The largest absolute Gasteiger partial charge is 0.397 e. The zero-order valence-electron chi connectivity index (χ0n) is 11.8. The zero-order valence-corrected chi connectivity index (χ0v) is 11.8. The number of methoxy groups -OCH3 is 1. The molecular weight excluding hydrogens is 242 g/mol. The zero-order chi connectivity index (χ0) is 14.4. The van der Waals surface area contributed by atoms with Crippen LogP contribution in [-0.4, -0.2) is 32.2 Å². The number of ether oxygens (including phenoxy) is 1. The molecule has 0 spiro atoms. The number of anilines is 2. The third kappa shape index (κ3) is 3.86. The molecule has 1 aromatic rings. The Morgan fingerprint density at radius 1 is 1.47 bits per heavy atom. The van der Waals surface area contributed by atoms with Crippen molar-refractivity contribution in [3.05, 3.63) is 23.8 Å². The van der Waals surface area contributed by atoms with Crippen molar-refractivity contribution in [2.75, 3.05) is 30.9 Å². The third-order valence-corrected chi connectivity index (χ3v) is 3.28. The molecule has 0 fully saturated rings. The van der Waals surface area contributed by atoms with Crippen LogP contribution in [0.25, 0.3) is 0 Å². The van der Waals surface area contributed by atoms with Gasteiger partial charge in [0.1, 0.15) is 0 Å². The molecule has 5 heteroatoms. The fourth-order valence-corrected chi connectivity index (χ4v) is 1.96. The van der Waals surface area contributed by atoms with Gasteiger partial charge in [0.15, 0.2) is 0 Å². The van der Waals surface area contributed by atoms with Crippen molar-refractivity contribution < 1.29 is 9.53 Å². The Morgan fingerprint density at radius 3 is 2.63 bits per heavy atom. The molecule has 1 amide bonds. The van der Waals surface area contributed by atoms with Crippen LogP contribution in [0.15, 0.2) is 18.2 Å². The Labute approximate surface area is 114 Å². The molecule has 0 aliphatic carbocycles. The summed E-state index contributed by atoms with van der Waals surface area (Å²) in [5.41, 5.74) is 13.2. The van der Waals surface area contributed by atoms with Gasteiger partial charge in [-0.1, -0.05) is 6.92 Å². The van der Waals surface area contributed by atoms with Gasteiger partial charge in [-0.15, -0.1) is 0 Å². The normalized spacial score (nSPS) is 12.2. The molecule has 0 aliphatic rings. The second-order valence-corrected chi connectivity index (χ2v) is 4.58. The van der Waals surface area contributed by atoms with E-state index in [4.69, 9.17) is 16.2 Å². The lowest BCUT2D eigenvalue weighted by atomic mass is 10.1. The number of benzene rings is 1. The van der Waals surface area contributed by atoms with E-state index in [0.717, 1.165) is 18.7 Å². The molecule has 0 heterocycles. The number of nitrogen functional groups attached to an aromatic ring is 1. The molecule has 1 atom stereocenters. The minimum Gasteiger partial charge on any atom is -0.397 e. The molecule has 1 rings (SSSR count). The van der Waals surface area contributed by atoms with Gasteiger partial charge in [0.05, 0.1) is 18.0 Å². The highest BCUT2D eigenvalue weighted by Crippen LogP contribution is 2.26. The second kappa shape index (κ2) is 6.99. The predicted octanol–water partition coefficient (Wildman–Crippen LogP) is 1.62. The molecule has 19 heavy (non-hydrogen) atoms. The fraction of sp³-hybridized carbons (Fsp3) is 0.500. The van der Waals surface area contributed by atoms with Crippen LogP contribution in [0.3, 0.4) is 0 Å². The minimum atomic E-state index is -0.467. The quantitative estimate of drug-likeness (QED) is 0.734. The van der Waals surface area contributed by atoms with E-state index in [9.17, 15) is 4.79 Å². The van der Waals surface area contributed by atoms with E-state index in [1.54, 1.807) is 19.2 Å². The lowest BCUT2D eigenvalue weighted by molar-refractivity contribution is 0.100. The number of carbonyl (C=O) groups excluding carboxylic acids is 1. The molecule has 0 aliphatic heterocycles. The van der Waals surface area contributed by atoms with Crippen molar-refractivity contribution in [2.24, 2.45) is 5.73 Å². The van der Waals surface area contributed by atoms with E-state index in [2.05, 4.69) is 18.7 Å². The maximum atomic E-state index is 11.1. The number of hydrogen-bond acceptors (Lipinski definition) is 4. The molecule has 1 aromatic carbocycles. The van der Waals surface area contributed by atoms with E-state index < -0.39 is 5.91 Å². The number of nitrogens with zero attached hydrogens (tertiary/aromatic N) is 1. The molecule has 0 radical (unpaired) electrons. The smallest absolute Gasteiger partial charge is 0.248 e. The van der Waals surface area contributed by atoms with Gasteiger partial charge < -0.3 is 21.1 Å². The highest BCUT2D eigenvalue weighted by molar-refractivity contribution is 5.94. The van der Waals surface area contributed by atoms with Gasteiger partial charge in [-0.3, -0.25) is 4.79 Å². The second-order valence-electron chi connectivity index (χ2n) is 4.58. The average Bonchev–Trinajstić information content (AvgIpc) is 2.39. The topological polar surface area (TPSA) is 81.6 Å². The lowest BCUT2D eigenvalue weighted by Crippen LogP contribution is -2.36. The summed E-state index contributed by atoms with van der Waals surface area (Å²) in [5.74, 6) is -0.467. The van der Waals surface area contributed by atoms with Gasteiger partial charge in [-0.2, -0.15) is 0 Å². The summed E-state index contributed by atoms with van der Waals surface area (Å²) in [6, 6.07) is 5.52. The van der Waals surface area contributed by atoms with Crippen molar-refractivity contribution in [2.45, 2.75) is 26.3 Å². The van der Waals surface area contributed by atoms with Crippen LogP contribution in [0.5, 0.6) is 0 Å². The highest BCUT2D eigenvalue weighted by Gasteiger charge is 2.16. The maximum Gasteiger partial charge on any atom is 0.248 e. The summed E-state index contributed by atoms with van der Waals surface area (Å²) in [4.78, 5) is 13.3. The molecule has 5 nitrogen and oxygen atoms in total. The fourth-order valence-electron chi connectivity index (χ4n) is 1.96. The molecule has 0 saturated carbocycles. The van der Waals surface area contributed by atoms with Crippen molar-refractivity contribution >= 4 is 17.3 Å². The Kier molecular flexibility index (Phi) is 5.63. The van der Waals surface area contributed by atoms with E-state index in [0.29, 0.717) is 23.9 Å². The monoisotopic (exact) mass is 265 g/mol. The Balaban J connectivity index is 3.04. The summed E-state index contributed by atoms with van der Waals surface area (Å²) < 4.78 is 5.13. The van der Waals surface area contributed by atoms with Crippen LogP contribution in [-0.2, 0) is 4.74 Å². The first-order valence-corrected chi connectivity index (χ1v) is 6.46. The van der Waals surface area contributed by atoms with Gasteiger partial charge in [-0.05, 0) is 31.5 Å². The molecule has 1 unspecified atom stereocenters. The van der Waals surface area contributed by atoms with E-state index in [1.807, 2.05) is 6.07 Å². The predicted molar refractivity (Wildman–Crippen MR) is 78.3 cm³/mol. The van der Waals surface area contributed by atoms with Gasteiger partial charge >= 0.3 is 0 Å². The molecule has 0 bridgehead atoms. The minimum absolute atomic E-state index is 0.344. The summed E-state index contributed by atoms with van der Waals surface area (Å²) in [7, 11) is 1.67. The van der Waals surface area contributed by atoms with Crippen LogP contribution in [0.2, 0.25) is 0 Å². The SMILES string of the molecule is CCC(C)N(CCOC)c1ccc(C(N)=O)cc1N. The first-order chi connectivity index (χ1) is 9.01. The van der Waals surface area contributed by atoms with Crippen LogP contribution in [0.1, 0.15) is 30.6 Å². The van der Waals surface area contributed by atoms with Gasteiger partial charge in [0.25, 0.3) is 0 Å². The summed E-state index contributed by atoms with van der Waals surface area (Å²) in [6.45, 7) is 5.64. The van der Waals surface area contributed by atoms with Crippen LogP contribution < -0.4 is 16.4 Å². The number of nitrogens with two attached hydrogens (primary N) is 2. The number of carbonyl (C=O) groups is 1. The maximum absolute atomic E-state index is 11.1. The van der Waals surface area contributed by atoms with E-state index in [1.165, 1.54) is 0 Å². The lowest BCUT2D eigenvalue weighted by Gasteiger charge is -2.31. The van der Waals surface area contributed by atoms with Crippen LogP contribution >= 0.6 is 0 Å². The van der Waals surface area contributed by atoms with E-state index >= 15 is 0 Å². The molecule has 0 saturated heterocycles. The summed E-state index contributed by atoms with van der Waals surface area (Å²) in [5, 5.41) is 0. The van der Waals surface area contributed by atoms with E-state index in [-0.39, 0.29) is 0 Å². The summed E-state index contributed by atoms with van der Waals surface area (Å²) in [6.07, 6.45) is 1.00. The summed E-state index contributed by atoms with van der Waals surface area (Å²) >= 11 is 0. The molecular formula is C14H23N3O2. The highest BCUT2D eigenvalue weighted by atomic mass is 16.5. The molecule has 0 aromatic heterocycles. The Hall–Kier alpha value is -1.75. The van der Waals surface area contributed by atoms with Crippen molar-refractivity contribution in [3.63, 3.8) is 0 Å². The first-order valence-electron chi connectivity index (χ1n) is 6.46. The van der Waals surface area contributed by atoms with Crippen LogP contribution in [0.4, 0.5) is 11.4 Å². The van der Waals surface area contributed by atoms with Gasteiger partial charge in [0.2, 0.25) is 5.91 Å². The molecule has 4 N–H and O–H groups in total. The van der Waals surface area contributed by atoms with Crippen molar-refractivity contribution in [3.8, 4) is 0 Å². The standard InChI is InChI=1S/C14H23N3O2/c1-4-10(2)17(7-8-19-3)13-6-5-11(14(16)18)9-12(13)15/h5-6,9-10H,4,7-8,15H2,1-3H3,(H2,16,18). The Morgan fingerprint density at radius 2 is 2.16 bits per heavy atom. The molecule has 106 valence electrons. The number of hydrogen-bond donors (Lipinski definition) is 2. The van der Waals surface area contributed by atoms with Crippen molar-refractivity contribution in [1.29, 1.82) is 0 Å².